The second-order valence-electron chi connectivity index (χ2n) is 4.22. The van der Waals surface area contributed by atoms with E-state index in [2.05, 4.69) is 6.58 Å². The summed E-state index contributed by atoms with van der Waals surface area (Å²) in [6.45, 7) is 3.22. The number of halogens is 3. The van der Waals surface area contributed by atoms with Gasteiger partial charge in [0.1, 0.15) is 0 Å². The van der Waals surface area contributed by atoms with Crippen LogP contribution in [-0.4, -0.2) is 23.0 Å². The summed E-state index contributed by atoms with van der Waals surface area (Å²) in [5.74, 6) is -3.98. The molecule has 7 heteroatoms. The Morgan fingerprint density at radius 3 is 2.50 bits per heavy atom. The summed E-state index contributed by atoms with van der Waals surface area (Å²) in [6.07, 6.45) is 2.20. The van der Waals surface area contributed by atoms with Gasteiger partial charge in [0.05, 0.1) is 16.6 Å². The lowest BCUT2D eigenvalue weighted by Crippen LogP contribution is -2.35. The zero-order chi connectivity index (χ0) is 14.9. The molecule has 20 heavy (non-hydrogen) atoms. The maximum Gasteiger partial charge on any atom is 0.355 e. The van der Waals surface area contributed by atoms with Crippen molar-refractivity contribution in [2.45, 2.75) is 18.9 Å². The van der Waals surface area contributed by atoms with Crippen LogP contribution < -0.4 is 0 Å². The first kappa shape index (κ1) is 14.5. The van der Waals surface area contributed by atoms with Crippen molar-refractivity contribution in [1.82, 2.24) is 5.06 Å². The van der Waals surface area contributed by atoms with Crippen LogP contribution in [0.2, 0.25) is 5.02 Å². The highest BCUT2D eigenvalue weighted by atomic mass is 35.5. The highest BCUT2D eigenvalue weighted by Crippen LogP contribution is 2.30. The van der Waals surface area contributed by atoms with Gasteiger partial charge in [-0.15, -0.1) is 0 Å². The third-order valence-corrected chi connectivity index (χ3v) is 2.99. The maximum atomic E-state index is 13.2. The Morgan fingerprint density at radius 2 is 1.95 bits per heavy atom. The van der Waals surface area contributed by atoms with E-state index in [-0.39, 0.29) is 16.6 Å². The molecule has 2 rings (SSSR count). The molecule has 0 atom stereocenters. The molecule has 106 valence electrons. The summed E-state index contributed by atoms with van der Waals surface area (Å²) >= 11 is 5.72. The number of amides is 1. The van der Waals surface area contributed by atoms with Gasteiger partial charge in [0.15, 0.2) is 11.6 Å². The number of hydrogen-bond acceptors (Lipinski definition) is 3. The van der Waals surface area contributed by atoms with Crippen LogP contribution in [0, 0.1) is 11.6 Å². The summed E-state index contributed by atoms with van der Waals surface area (Å²) in [4.78, 5) is 28.2. The van der Waals surface area contributed by atoms with Crippen molar-refractivity contribution in [3.8, 4) is 0 Å². The molecule has 1 aromatic carbocycles. The lowest BCUT2D eigenvalue weighted by Gasteiger charge is -2.20. The van der Waals surface area contributed by atoms with Crippen molar-refractivity contribution >= 4 is 23.5 Å². The molecule has 4 nitrogen and oxygen atoms in total. The van der Waals surface area contributed by atoms with E-state index in [9.17, 15) is 18.4 Å². The molecule has 0 unspecified atom stereocenters. The third kappa shape index (κ3) is 2.96. The van der Waals surface area contributed by atoms with Gasteiger partial charge >= 0.3 is 5.97 Å². The average molecular weight is 302 g/mol. The molecular formula is C13H10ClF2NO3. The van der Waals surface area contributed by atoms with Crippen molar-refractivity contribution in [2.75, 3.05) is 0 Å². The van der Waals surface area contributed by atoms with Crippen molar-refractivity contribution in [3.63, 3.8) is 0 Å². The molecular weight excluding hydrogens is 292 g/mol. The van der Waals surface area contributed by atoms with Crippen LogP contribution in [0.5, 0.6) is 0 Å². The van der Waals surface area contributed by atoms with E-state index in [1.54, 1.807) is 0 Å². The predicted molar refractivity (Wildman–Crippen MR) is 66.8 cm³/mol. The molecule has 0 aromatic heterocycles. The lowest BCUT2D eigenvalue weighted by atomic mass is 10.2. The predicted octanol–water partition coefficient (Wildman–Crippen LogP) is 2.87. The SMILES string of the molecule is C=CC(=O)ON(C(=O)c1cc(F)c(F)cc1Cl)C1CC1. The van der Waals surface area contributed by atoms with Crippen molar-refractivity contribution < 1.29 is 23.2 Å². The molecule has 0 bridgehead atoms. The van der Waals surface area contributed by atoms with Crippen LogP contribution in [0.15, 0.2) is 24.8 Å². The fourth-order valence-electron chi connectivity index (χ4n) is 1.53. The Bertz CT molecular complexity index is 587. The highest BCUT2D eigenvalue weighted by Gasteiger charge is 2.37. The first-order valence-electron chi connectivity index (χ1n) is 5.76. The van der Waals surface area contributed by atoms with Crippen molar-refractivity contribution in [1.29, 1.82) is 0 Å². The van der Waals surface area contributed by atoms with E-state index in [4.69, 9.17) is 16.4 Å². The fourth-order valence-corrected chi connectivity index (χ4v) is 1.76. The van der Waals surface area contributed by atoms with Crippen LogP contribution in [0.25, 0.3) is 0 Å². The first-order valence-corrected chi connectivity index (χ1v) is 6.14. The topological polar surface area (TPSA) is 46.6 Å². The molecule has 0 radical (unpaired) electrons. The van der Waals surface area contributed by atoms with Gasteiger partial charge in [-0.3, -0.25) is 4.79 Å². The Kier molecular flexibility index (Phi) is 4.04. The van der Waals surface area contributed by atoms with Gasteiger partial charge in [-0.2, -0.15) is 5.06 Å². The number of carbonyl (C=O) groups excluding carboxylic acids is 2. The molecule has 0 spiro atoms. The van der Waals surface area contributed by atoms with Gasteiger partial charge in [-0.25, -0.2) is 13.6 Å². The van der Waals surface area contributed by atoms with E-state index in [0.717, 1.165) is 11.1 Å². The van der Waals surface area contributed by atoms with Crippen molar-refractivity contribution in [2.24, 2.45) is 0 Å². The van der Waals surface area contributed by atoms with Gasteiger partial charge in [-0.1, -0.05) is 18.2 Å². The molecule has 1 saturated carbocycles. The molecule has 0 heterocycles. The molecule has 0 saturated heterocycles. The summed E-state index contributed by atoms with van der Waals surface area (Å²) in [5, 5.41) is 0.567. The van der Waals surface area contributed by atoms with Crippen LogP contribution in [0.4, 0.5) is 8.78 Å². The van der Waals surface area contributed by atoms with Crippen LogP contribution >= 0.6 is 11.6 Å². The van der Waals surface area contributed by atoms with Gasteiger partial charge in [0, 0.05) is 6.08 Å². The number of hydroxylamine groups is 2. The molecule has 1 fully saturated rings. The minimum absolute atomic E-state index is 0.255. The number of benzene rings is 1. The monoisotopic (exact) mass is 301 g/mol. The Hall–Kier alpha value is -1.95. The lowest BCUT2D eigenvalue weighted by molar-refractivity contribution is -0.173. The number of hydrogen-bond donors (Lipinski definition) is 0. The number of carbonyl (C=O) groups is 2. The summed E-state index contributed by atoms with van der Waals surface area (Å²) < 4.78 is 26.2. The third-order valence-electron chi connectivity index (χ3n) is 2.67. The van der Waals surface area contributed by atoms with Gasteiger partial charge in [0.25, 0.3) is 5.91 Å². The first-order chi connectivity index (χ1) is 9.43. The smallest absolute Gasteiger partial charge is 0.333 e. The minimum Gasteiger partial charge on any atom is -0.333 e. The second-order valence-corrected chi connectivity index (χ2v) is 4.63. The Balaban J connectivity index is 2.30. The van der Waals surface area contributed by atoms with Gasteiger partial charge in [-0.05, 0) is 25.0 Å². The van der Waals surface area contributed by atoms with Gasteiger partial charge < -0.3 is 4.84 Å². The average Bonchev–Trinajstić information content (AvgIpc) is 3.23. The summed E-state index contributed by atoms with van der Waals surface area (Å²) in [6, 6.07) is 1.09. The van der Waals surface area contributed by atoms with Crippen LogP contribution in [0.3, 0.4) is 0 Å². The van der Waals surface area contributed by atoms with E-state index in [1.165, 1.54) is 0 Å². The summed E-state index contributed by atoms with van der Waals surface area (Å²) in [5.41, 5.74) is -0.269. The largest absolute Gasteiger partial charge is 0.355 e. The number of rotatable bonds is 3. The molecule has 0 aliphatic heterocycles. The molecule has 1 aliphatic rings. The van der Waals surface area contributed by atoms with E-state index < -0.39 is 23.5 Å². The van der Waals surface area contributed by atoms with E-state index in [0.29, 0.717) is 25.0 Å². The second kappa shape index (κ2) is 5.58. The molecule has 1 amide bonds. The zero-order valence-electron chi connectivity index (χ0n) is 10.2. The quantitative estimate of drug-likeness (QED) is 0.490. The number of nitrogens with zero attached hydrogens (tertiary/aromatic N) is 1. The fraction of sp³-hybridized carbons (Fsp3) is 0.231. The van der Waals surface area contributed by atoms with Crippen LogP contribution in [0.1, 0.15) is 23.2 Å². The standard InChI is InChI=1S/C13H10ClF2NO3/c1-2-12(18)20-17(7-3-4-7)13(19)8-5-10(15)11(16)6-9(8)14/h2,5-7H,1,3-4H2. The Labute approximate surface area is 118 Å². The van der Waals surface area contributed by atoms with E-state index >= 15 is 0 Å². The normalized spacial score (nSPS) is 13.8. The zero-order valence-corrected chi connectivity index (χ0v) is 11.0. The highest BCUT2D eigenvalue weighted by molar-refractivity contribution is 6.33. The molecule has 1 aliphatic carbocycles. The maximum absolute atomic E-state index is 13.2. The van der Waals surface area contributed by atoms with Crippen molar-refractivity contribution in [3.05, 3.63) is 47.0 Å². The summed E-state index contributed by atoms with van der Waals surface area (Å²) in [7, 11) is 0. The Morgan fingerprint density at radius 1 is 1.35 bits per heavy atom. The molecule has 1 aromatic rings. The van der Waals surface area contributed by atoms with Crippen LogP contribution in [-0.2, 0) is 9.63 Å². The van der Waals surface area contributed by atoms with E-state index in [1.807, 2.05) is 0 Å². The molecule has 0 N–H and O–H groups in total. The van der Waals surface area contributed by atoms with Gasteiger partial charge in [0.2, 0.25) is 0 Å². The minimum atomic E-state index is -1.21.